The van der Waals surface area contributed by atoms with Crippen molar-refractivity contribution in [3.63, 3.8) is 0 Å². The minimum absolute atomic E-state index is 0.162. The van der Waals surface area contributed by atoms with Crippen molar-refractivity contribution in [1.29, 1.82) is 5.26 Å². The minimum Gasteiger partial charge on any atom is -0.381 e. The van der Waals surface area contributed by atoms with E-state index in [1.807, 2.05) is 0 Å². The standard InChI is InChI=1S/C11H18N2O3S/c12-8-9-2-1-3-11(9)13-17(14,15)10-4-6-16-7-5-10/h9-11,13H,1-7H2. The van der Waals surface area contributed by atoms with Crippen molar-refractivity contribution in [1.82, 2.24) is 4.72 Å². The highest BCUT2D eigenvalue weighted by Crippen LogP contribution is 2.26. The van der Waals surface area contributed by atoms with E-state index < -0.39 is 10.0 Å². The van der Waals surface area contributed by atoms with Crippen LogP contribution in [0.5, 0.6) is 0 Å². The molecule has 0 aromatic heterocycles. The van der Waals surface area contributed by atoms with Gasteiger partial charge in [0.25, 0.3) is 0 Å². The molecule has 1 N–H and O–H groups in total. The summed E-state index contributed by atoms with van der Waals surface area (Å²) in [5, 5.41) is 8.59. The molecule has 0 radical (unpaired) electrons. The highest BCUT2D eigenvalue weighted by molar-refractivity contribution is 7.90. The predicted octanol–water partition coefficient (Wildman–Crippen LogP) is 0.777. The fourth-order valence-electron chi connectivity index (χ4n) is 2.55. The van der Waals surface area contributed by atoms with E-state index in [1.165, 1.54) is 0 Å². The molecule has 0 amide bonds. The zero-order valence-corrected chi connectivity index (χ0v) is 10.6. The Hall–Kier alpha value is -0.640. The molecule has 2 rings (SSSR count). The third-order valence-corrected chi connectivity index (χ3v) is 5.58. The lowest BCUT2D eigenvalue weighted by molar-refractivity contribution is 0.0980. The van der Waals surface area contributed by atoms with Crippen molar-refractivity contribution in [2.45, 2.75) is 43.4 Å². The maximum absolute atomic E-state index is 12.1. The highest BCUT2D eigenvalue weighted by atomic mass is 32.2. The summed E-state index contributed by atoms with van der Waals surface area (Å²) in [7, 11) is -3.29. The molecule has 0 bridgehead atoms. The van der Waals surface area contributed by atoms with Gasteiger partial charge in [-0.2, -0.15) is 5.26 Å². The molecule has 1 aliphatic carbocycles. The Balaban J connectivity index is 1.99. The summed E-state index contributed by atoms with van der Waals surface area (Å²) in [5.41, 5.74) is 0. The Bertz CT molecular complexity index is 395. The third-order valence-electron chi connectivity index (χ3n) is 3.60. The molecule has 2 unspecified atom stereocenters. The van der Waals surface area contributed by atoms with E-state index in [4.69, 9.17) is 10.00 Å². The molecule has 2 fully saturated rings. The van der Waals surface area contributed by atoms with E-state index in [1.54, 1.807) is 0 Å². The molecule has 5 nitrogen and oxygen atoms in total. The van der Waals surface area contributed by atoms with Crippen LogP contribution in [0.15, 0.2) is 0 Å². The minimum atomic E-state index is -3.29. The molecule has 1 aliphatic heterocycles. The summed E-state index contributed by atoms with van der Waals surface area (Å²) in [4.78, 5) is 0. The summed E-state index contributed by atoms with van der Waals surface area (Å²) in [6, 6.07) is 2.00. The molecule has 1 saturated heterocycles. The van der Waals surface area contributed by atoms with Crippen molar-refractivity contribution in [3.8, 4) is 6.07 Å². The summed E-state index contributed by atoms with van der Waals surface area (Å²) in [5.74, 6) is -0.162. The lowest BCUT2D eigenvalue weighted by Crippen LogP contribution is -2.44. The van der Waals surface area contributed by atoms with Crippen LogP contribution in [0.1, 0.15) is 32.1 Å². The van der Waals surface area contributed by atoms with E-state index in [0.717, 1.165) is 19.3 Å². The van der Waals surface area contributed by atoms with Crippen LogP contribution in [-0.4, -0.2) is 32.9 Å². The second-order valence-corrected chi connectivity index (χ2v) is 6.74. The number of sulfonamides is 1. The van der Waals surface area contributed by atoms with Crippen LogP contribution in [0.3, 0.4) is 0 Å². The first-order valence-electron chi connectivity index (χ1n) is 6.12. The van der Waals surface area contributed by atoms with Gasteiger partial charge in [0.15, 0.2) is 0 Å². The van der Waals surface area contributed by atoms with E-state index in [2.05, 4.69) is 10.8 Å². The Morgan fingerprint density at radius 1 is 1.18 bits per heavy atom. The Kier molecular flexibility index (Phi) is 4.02. The first kappa shape index (κ1) is 12.8. The maximum atomic E-state index is 12.1. The molecule has 2 aliphatic rings. The van der Waals surface area contributed by atoms with Crippen molar-refractivity contribution in [3.05, 3.63) is 0 Å². The molecule has 6 heteroatoms. The lowest BCUT2D eigenvalue weighted by Gasteiger charge is -2.25. The molecule has 1 saturated carbocycles. The second kappa shape index (κ2) is 5.34. The average Bonchev–Trinajstić information content (AvgIpc) is 2.77. The number of ether oxygens (including phenoxy) is 1. The Morgan fingerprint density at radius 2 is 1.88 bits per heavy atom. The lowest BCUT2D eigenvalue weighted by atomic mass is 10.1. The van der Waals surface area contributed by atoms with Gasteiger partial charge in [-0.05, 0) is 25.7 Å². The molecule has 0 spiro atoms. The number of nitrogens with zero attached hydrogens (tertiary/aromatic N) is 1. The molecular weight excluding hydrogens is 240 g/mol. The zero-order valence-electron chi connectivity index (χ0n) is 9.76. The maximum Gasteiger partial charge on any atom is 0.214 e. The SMILES string of the molecule is N#CC1CCCC1NS(=O)(=O)C1CCOCC1. The van der Waals surface area contributed by atoms with E-state index >= 15 is 0 Å². The highest BCUT2D eigenvalue weighted by Gasteiger charge is 2.34. The van der Waals surface area contributed by atoms with Crippen molar-refractivity contribution in [2.24, 2.45) is 5.92 Å². The Labute approximate surface area is 102 Å². The molecular formula is C11H18N2O3S. The predicted molar refractivity (Wildman–Crippen MR) is 62.6 cm³/mol. The van der Waals surface area contributed by atoms with Gasteiger partial charge >= 0.3 is 0 Å². The van der Waals surface area contributed by atoms with Gasteiger partial charge in [-0.15, -0.1) is 0 Å². The number of nitrogens with one attached hydrogen (secondary N) is 1. The molecule has 1 heterocycles. The molecule has 2 atom stereocenters. The fourth-order valence-corrected chi connectivity index (χ4v) is 4.26. The summed E-state index contributed by atoms with van der Waals surface area (Å²) < 4.78 is 32.1. The van der Waals surface area contributed by atoms with Crippen LogP contribution < -0.4 is 4.72 Å². The van der Waals surface area contributed by atoms with Crippen LogP contribution in [0.4, 0.5) is 0 Å². The number of rotatable bonds is 3. The number of nitriles is 1. The van der Waals surface area contributed by atoms with E-state index in [-0.39, 0.29) is 17.2 Å². The number of hydrogen-bond acceptors (Lipinski definition) is 4. The quantitative estimate of drug-likeness (QED) is 0.811. The van der Waals surface area contributed by atoms with Gasteiger partial charge < -0.3 is 4.74 Å². The first-order chi connectivity index (χ1) is 8.13. The average molecular weight is 258 g/mol. The first-order valence-corrected chi connectivity index (χ1v) is 7.66. The van der Waals surface area contributed by atoms with Crippen molar-refractivity contribution >= 4 is 10.0 Å². The fraction of sp³-hybridized carbons (Fsp3) is 0.909. The van der Waals surface area contributed by atoms with Gasteiger partial charge in [-0.1, -0.05) is 6.42 Å². The molecule has 17 heavy (non-hydrogen) atoms. The van der Waals surface area contributed by atoms with Gasteiger partial charge in [0.1, 0.15) is 0 Å². The van der Waals surface area contributed by atoms with Crippen LogP contribution >= 0.6 is 0 Å². The topological polar surface area (TPSA) is 79.2 Å². The summed E-state index contributed by atoms with van der Waals surface area (Å²) in [6.07, 6.45) is 3.62. The van der Waals surface area contributed by atoms with Gasteiger partial charge in [-0.3, -0.25) is 0 Å². The second-order valence-electron chi connectivity index (χ2n) is 4.75. The van der Waals surface area contributed by atoms with Crippen LogP contribution in [0.25, 0.3) is 0 Å². The van der Waals surface area contributed by atoms with E-state index in [0.29, 0.717) is 26.1 Å². The van der Waals surface area contributed by atoms with Gasteiger partial charge in [0.05, 0.1) is 17.2 Å². The molecule has 0 aromatic rings. The molecule has 96 valence electrons. The monoisotopic (exact) mass is 258 g/mol. The van der Waals surface area contributed by atoms with Crippen LogP contribution in [0.2, 0.25) is 0 Å². The van der Waals surface area contributed by atoms with E-state index in [9.17, 15) is 8.42 Å². The van der Waals surface area contributed by atoms with Crippen LogP contribution in [0, 0.1) is 17.2 Å². The largest absolute Gasteiger partial charge is 0.381 e. The van der Waals surface area contributed by atoms with Crippen LogP contribution in [-0.2, 0) is 14.8 Å². The zero-order chi connectivity index (χ0) is 12.3. The third kappa shape index (κ3) is 2.97. The van der Waals surface area contributed by atoms with Gasteiger partial charge in [-0.25, -0.2) is 13.1 Å². The van der Waals surface area contributed by atoms with Gasteiger partial charge in [0, 0.05) is 19.3 Å². The van der Waals surface area contributed by atoms with Crippen molar-refractivity contribution < 1.29 is 13.2 Å². The summed E-state index contributed by atoms with van der Waals surface area (Å²) in [6.45, 7) is 1.02. The smallest absolute Gasteiger partial charge is 0.214 e. The Morgan fingerprint density at radius 3 is 2.53 bits per heavy atom. The normalized spacial score (nSPS) is 31.2. The number of hydrogen-bond donors (Lipinski definition) is 1. The summed E-state index contributed by atoms with van der Waals surface area (Å²) >= 11 is 0. The molecule has 0 aromatic carbocycles. The van der Waals surface area contributed by atoms with Gasteiger partial charge in [0.2, 0.25) is 10.0 Å². The van der Waals surface area contributed by atoms with Crippen molar-refractivity contribution in [2.75, 3.05) is 13.2 Å².